The summed E-state index contributed by atoms with van der Waals surface area (Å²) in [7, 11) is 3.34. The minimum Gasteiger partial charge on any atom is -0.476 e. The zero-order chi connectivity index (χ0) is 18.0. The first kappa shape index (κ1) is 17.3. The molecule has 1 aromatic carbocycles. The lowest BCUT2D eigenvalue weighted by Gasteiger charge is -2.35. The van der Waals surface area contributed by atoms with Crippen molar-refractivity contribution in [1.29, 1.82) is 0 Å². The van der Waals surface area contributed by atoms with Gasteiger partial charge in [0.2, 0.25) is 0 Å². The molecule has 0 unspecified atom stereocenters. The number of aromatic nitrogens is 1. The van der Waals surface area contributed by atoms with Crippen LogP contribution in [0.2, 0.25) is 0 Å². The van der Waals surface area contributed by atoms with E-state index in [-0.39, 0.29) is 18.4 Å². The van der Waals surface area contributed by atoms with Crippen LogP contribution in [0.15, 0.2) is 47.6 Å². The fourth-order valence-electron chi connectivity index (χ4n) is 2.70. The van der Waals surface area contributed by atoms with Crippen LogP contribution in [-0.4, -0.2) is 54.7 Å². The summed E-state index contributed by atoms with van der Waals surface area (Å²) in [5.74, 6) is 0.158. The summed E-state index contributed by atoms with van der Waals surface area (Å²) in [6, 6.07) is 10.7. The summed E-state index contributed by atoms with van der Waals surface area (Å²) in [5.41, 5.74) is 1.17. The van der Waals surface area contributed by atoms with E-state index in [4.69, 9.17) is 4.74 Å². The van der Waals surface area contributed by atoms with E-state index >= 15 is 0 Å². The van der Waals surface area contributed by atoms with Crippen LogP contribution in [0.25, 0.3) is 0 Å². The van der Waals surface area contributed by atoms with E-state index in [9.17, 15) is 9.59 Å². The van der Waals surface area contributed by atoms with Crippen molar-refractivity contribution in [2.24, 2.45) is 0 Å². The van der Waals surface area contributed by atoms with Crippen LogP contribution >= 0.6 is 11.8 Å². The van der Waals surface area contributed by atoms with Gasteiger partial charge in [-0.15, -0.1) is 11.8 Å². The lowest BCUT2D eigenvalue weighted by atomic mass is 10.1. The fourth-order valence-corrected chi connectivity index (χ4v) is 3.25. The van der Waals surface area contributed by atoms with E-state index in [2.05, 4.69) is 4.98 Å². The summed E-state index contributed by atoms with van der Waals surface area (Å²) < 4.78 is 5.82. The predicted octanol–water partition coefficient (Wildman–Crippen LogP) is 2.30. The van der Waals surface area contributed by atoms with Crippen molar-refractivity contribution in [3.05, 3.63) is 48.2 Å². The molecule has 3 rings (SSSR count). The molecule has 1 atom stereocenters. The maximum absolute atomic E-state index is 13.2. The zero-order valence-corrected chi connectivity index (χ0v) is 15.1. The minimum atomic E-state index is -0.733. The van der Waals surface area contributed by atoms with Crippen LogP contribution in [0.3, 0.4) is 0 Å². The molecule has 0 N–H and O–H groups in total. The topological polar surface area (TPSA) is 62.7 Å². The summed E-state index contributed by atoms with van der Waals surface area (Å²) in [5, 5.41) is 0.659. The molecular weight excluding hydrogens is 338 g/mol. The third-order valence-electron chi connectivity index (χ3n) is 3.93. The number of carbonyl (C=O) groups is 2. The number of hydrogen-bond acceptors (Lipinski definition) is 5. The van der Waals surface area contributed by atoms with Crippen LogP contribution < -0.4 is 9.64 Å². The van der Waals surface area contributed by atoms with Gasteiger partial charge in [0.25, 0.3) is 11.8 Å². The molecule has 2 amide bonds. The highest BCUT2D eigenvalue weighted by molar-refractivity contribution is 7.98. The quantitative estimate of drug-likeness (QED) is 0.789. The van der Waals surface area contributed by atoms with Crippen molar-refractivity contribution < 1.29 is 14.3 Å². The van der Waals surface area contributed by atoms with Gasteiger partial charge in [-0.1, -0.05) is 12.1 Å². The first-order chi connectivity index (χ1) is 12.0. The molecular formula is C18H19N3O3S. The zero-order valence-electron chi connectivity index (χ0n) is 14.3. The van der Waals surface area contributed by atoms with Crippen molar-refractivity contribution in [2.75, 3.05) is 31.8 Å². The average Bonchev–Trinajstić information content (AvgIpc) is 2.65. The molecule has 0 saturated heterocycles. The molecule has 7 heteroatoms. The summed E-state index contributed by atoms with van der Waals surface area (Å²) in [4.78, 5) is 32.9. The van der Waals surface area contributed by atoms with Crippen molar-refractivity contribution in [3.63, 3.8) is 0 Å². The lowest BCUT2D eigenvalue weighted by Crippen LogP contribution is -2.50. The Balaban J connectivity index is 2.01. The van der Waals surface area contributed by atoms with Gasteiger partial charge >= 0.3 is 0 Å². The first-order valence-corrected chi connectivity index (χ1v) is 9.03. The number of nitrogens with zero attached hydrogens (tertiary/aromatic N) is 3. The van der Waals surface area contributed by atoms with E-state index in [1.165, 1.54) is 16.7 Å². The Labute approximate surface area is 150 Å². The van der Waals surface area contributed by atoms with Crippen LogP contribution in [0, 0.1) is 0 Å². The number of fused-ring (bicyclic) bond motifs is 1. The van der Waals surface area contributed by atoms with Crippen LogP contribution in [0.5, 0.6) is 5.75 Å². The van der Waals surface area contributed by atoms with Gasteiger partial charge in [0.1, 0.15) is 10.8 Å². The Bertz CT molecular complexity index is 810. The highest BCUT2D eigenvalue weighted by atomic mass is 32.2. The first-order valence-electron chi connectivity index (χ1n) is 7.80. The number of benzene rings is 1. The van der Waals surface area contributed by atoms with E-state index in [0.29, 0.717) is 22.0 Å². The molecule has 0 aliphatic carbocycles. The highest BCUT2D eigenvalue weighted by Crippen LogP contribution is 2.35. The maximum atomic E-state index is 13.2. The number of para-hydroxylation sites is 2. The van der Waals surface area contributed by atoms with Crippen molar-refractivity contribution in [1.82, 2.24) is 9.88 Å². The molecule has 1 aromatic heterocycles. The maximum Gasteiger partial charge on any atom is 0.265 e. The van der Waals surface area contributed by atoms with Gasteiger partial charge in [-0.3, -0.25) is 9.59 Å². The SMILES string of the molecule is CSc1ncccc1C(=O)N1C[C@H](C(=O)N(C)C)Oc2ccccc21. The molecule has 0 fully saturated rings. The molecule has 1 aliphatic rings. The standard InChI is InChI=1S/C18H19N3O3S/c1-20(2)18(23)15-11-21(13-8-4-5-9-14(13)24-15)17(22)12-7-6-10-19-16(12)25-3/h4-10,15H,11H2,1-3H3/t15-/m1/s1. The van der Waals surface area contributed by atoms with E-state index in [1.54, 1.807) is 43.4 Å². The number of carbonyl (C=O) groups excluding carboxylic acids is 2. The van der Waals surface area contributed by atoms with Gasteiger partial charge in [-0.2, -0.15) is 0 Å². The van der Waals surface area contributed by atoms with Crippen LogP contribution in [0.1, 0.15) is 10.4 Å². The van der Waals surface area contributed by atoms with Crippen LogP contribution in [-0.2, 0) is 4.79 Å². The van der Waals surface area contributed by atoms with Gasteiger partial charge in [-0.05, 0) is 30.5 Å². The molecule has 0 spiro atoms. The van der Waals surface area contributed by atoms with E-state index < -0.39 is 6.10 Å². The smallest absolute Gasteiger partial charge is 0.265 e. The van der Waals surface area contributed by atoms with Crippen molar-refractivity contribution >= 4 is 29.3 Å². The number of anilines is 1. The second kappa shape index (κ2) is 7.14. The summed E-state index contributed by atoms with van der Waals surface area (Å²) in [6.45, 7) is 0.162. The molecule has 0 radical (unpaired) electrons. The largest absolute Gasteiger partial charge is 0.476 e. The fraction of sp³-hybridized carbons (Fsp3) is 0.278. The number of thioether (sulfide) groups is 1. The molecule has 6 nitrogen and oxygen atoms in total. The highest BCUT2D eigenvalue weighted by Gasteiger charge is 2.35. The van der Waals surface area contributed by atoms with Crippen molar-refractivity contribution in [3.8, 4) is 5.75 Å². The van der Waals surface area contributed by atoms with Gasteiger partial charge in [0.15, 0.2) is 6.10 Å². The Morgan fingerprint density at radius 2 is 2.00 bits per heavy atom. The number of pyridine rings is 1. The number of hydrogen-bond donors (Lipinski definition) is 0. The van der Waals surface area contributed by atoms with Gasteiger partial charge in [-0.25, -0.2) is 4.98 Å². The Hall–Kier alpha value is -2.54. The third-order valence-corrected chi connectivity index (χ3v) is 4.64. The predicted molar refractivity (Wildman–Crippen MR) is 97.2 cm³/mol. The lowest BCUT2D eigenvalue weighted by molar-refractivity contribution is -0.135. The Kier molecular flexibility index (Phi) is 4.94. The van der Waals surface area contributed by atoms with Gasteiger partial charge < -0.3 is 14.5 Å². The monoisotopic (exact) mass is 357 g/mol. The molecule has 2 aromatic rings. The molecule has 0 bridgehead atoms. The summed E-state index contributed by atoms with van der Waals surface area (Å²) in [6.07, 6.45) is 2.81. The van der Waals surface area contributed by atoms with Gasteiger partial charge in [0, 0.05) is 20.3 Å². The minimum absolute atomic E-state index is 0.162. The third kappa shape index (κ3) is 3.32. The second-order valence-electron chi connectivity index (χ2n) is 5.78. The van der Waals surface area contributed by atoms with Crippen molar-refractivity contribution in [2.45, 2.75) is 11.1 Å². The van der Waals surface area contributed by atoms with E-state index in [0.717, 1.165) is 0 Å². The number of rotatable bonds is 3. The Morgan fingerprint density at radius 3 is 2.72 bits per heavy atom. The average molecular weight is 357 g/mol. The molecule has 2 heterocycles. The molecule has 25 heavy (non-hydrogen) atoms. The second-order valence-corrected chi connectivity index (χ2v) is 6.58. The number of likely N-dealkylation sites (N-methyl/N-ethyl adjacent to an activating group) is 1. The number of ether oxygens (including phenoxy) is 1. The van der Waals surface area contributed by atoms with Gasteiger partial charge in [0.05, 0.1) is 17.8 Å². The molecule has 1 aliphatic heterocycles. The van der Waals surface area contributed by atoms with E-state index in [1.807, 2.05) is 24.5 Å². The summed E-state index contributed by atoms with van der Waals surface area (Å²) >= 11 is 1.42. The number of amides is 2. The normalized spacial score (nSPS) is 16.0. The molecule has 0 saturated carbocycles. The Morgan fingerprint density at radius 1 is 1.24 bits per heavy atom. The van der Waals surface area contributed by atoms with Crippen LogP contribution in [0.4, 0.5) is 5.69 Å². The molecule has 130 valence electrons.